The zero-order valence-corrected chi connectivity index (χ0v) is 14.2. The summed E-state index contributed by atoms with van der Waals surface area (Å²) in [4.78, 5) is 16.3. The third kappa shape index (κ3) is 5.85. The molecule has 0 saturated heterocycles. The number of hydrogen-bond donors (Lipinski definition) is 3. The first-order valence-electron chi connectivity index (χ1n) is 9.00. The zero-order valence-electron chi connectivity index (χ0n) is 14.2. The second kappa shape index (κ2) is 9.01. The summed E-state index contributed by atoms with van der Waals surface area (Å²) in [6.07, 6.45) is 7.49. The van der Waals surface area contributed by atoms with Gasteiger partial charge in [-0.3, -0.25) is 9.79 Å². The molecule has 2 rings (SSSR count). The standard InChI is InChI=1S/C17H32N4O/c1-3-18-17(20-11-10-19-16(22)14-8-9-14)21-12-15-7-5-4-6-13(15)2/h13-15H,3-12H2,1-2H3,(H,19,22)(H2,18,20,21). The Balaban J connectivity index is 1.68. The van der Waals surface area contributed by atoms with Crippen molar-refractivity contribution >= 4 is 11.9 Å². The second-order valence-corrected chi connectivity index (χ2v) is 6.73. The molecule has 0 aromatic carbocycles. The van der Waals surface area contributed by atoms with E-state index in [1.54, 1.807) is 0 Å². The number of rotatable bonds is 7. The molecule has 0 aromatic heterocycles. The van der Waals surface area contributed by atoms with Crippen LogP contribution in [0.3, 0.4) is 0 Å². The Labute approximate surface area is 134 Å². The molecule has 22 heavy (non-hydrogen) atoms. The molecule has 3 N–H and O–H groups in total. The monoisotopic (exact) mass is 308 g/mol. The van der Waals surface area contributed by atoms with E-state index in [0.717, 1.165) is 50.3 Å². The van der Waals surface area contributed by atoms with Crippen molar-refractivity contribution < 1.29 is 4.79 Å². The van der Waals surface area contributed by atoms with Gasteiger partial charge in [-0.2, -0.15) is 0 Å². The van der Waals surface area contributed by atoms with E-state index in [0.29, 0.717) is 6.54 Å². The Kier molecular flexibility index (Phi) is 7.00. The van der Waals surface area contributed by atoms with Crippen LogP contribution in [0.1, 0.15) is 52.4 Å². The van der Waals surface area contributed by atoms with Crippen LogP contribution in [0, 0.1) is 17.8 Å². The minimum atomic E-state index is 0.208. The lowest BCUT2D eigenvalue weighted by Crippen LogP contribution is -2.42. The minimum absolute atomic E-state index is 0.208. The fourth-order valence-electron chi connectivity index (χ4n) is 3.07. The van der Waals surface area contributed by atoms with Gasteiger partial charge in [-0.25, -0.2) is 0 Å². The van der Waals surface area contributed by atoms with Crippen LogP contribution in [0.4, 0.5) is 0 Å². The molecule has 126 valence electrons. The second-order valence-electron chi connectivity index (χ2n) is 6.73. The molecular weight excluding hydrogens is 276 g/mol. The first kappa shape index (κ1) is 17.1. The van der Waals surface area contributed by atoms with E-state index in [2.05, 4.69) is 29.8 Å². The molecule has 2 fully saturated rings. The molecule has 0 radical (unpaired) electrons. The first-order valence-corrected chi connectivity index (χ1v) is 9.00. The van der Waals surface area contributed by atoms with Crippen molar-refractivity contribution in [1.29, 1.82) is 0 Å². The molecule has 2 aliphatic carbocycles. The Bertz CT molecular complexity index is 379. The number of aliphatic imine (C=N–C) groups is 1. The van der Waals surface area contributed by atoms with Crippen molar-refractivity contribution in [3.05, 3.63) is 0 Å². The van der Waals surface area contributed by atoms with Gasteiger partial charge < -0.3 is 16.0 Å². The highest BCUT2D eigenvalue weighted by molar-refractivity contribution is 5.81. The lowest BCUT2D eigenvalue weighted by Gasteiger charge is -2.27. The molecule has 2 saturated carbocycles. The van der Waals surface area contributed by atoms with Crippen molar-refractivity contribution in [3.8, 4) is 0 Å². The van der Waals surface area contributed by atoms with Crippen molar-refractivity contribution in [2.45, 2.75) is 52.4 Å². The van der Waals surface area contributed by atoms with Crippen LogP contribution < -0.4 is 16.0 Å². The summed E-state index contributed by atoms with van der Waals surface area (Å²) in [7, 11) is 0. The third-order valence-corrected chi connectivity index (χ3v) is 4.78. The van der Waals surface area contributed by atoms with Crippen LogP contribution in [-0.2, 0) is 4.79 Å². The van der Waals surface area contributed by atoms with E-state index in [4.69, 9.17) is 4.99 Å². The van der Waals surface area contributed by atoms with Gasteiger partial charge in [0.1, 0.15) is 0 Å². The highest BCUT2D eigenvalue weighted by Gasteiger charge is 2.29. The van der Waals surface area contributed by atoms with Gasteiger partial charge in [0.15, 0.2) is 5.96 Å². The van der Waals surface area contributed by atoms with Gasteiger partial charge >= 0.3 is 0 Å². The molecule has 0 heterocycles. The normalized spacial score (nSPS) is 25.6. The number of amides is 1. The summed E-state index contributed by atoms with van der Waals surface area (Å²) < 4.78 is 0. The molecule has 5 heteroatoms. The molecule has 2 unspecified atom stereocenters. The molecule has 0 bridgehead atoms. The van der Waals surface area contributed by atoms with Crippen LogP contribution in [-0.4, -0.2) is 38.0 Å². The average molecular weight is 308 g/mol. The summed E-state index contributed by atoms with van der Waals surface area (Å²) in [6.45, 7) is 7.60. The van der Waals surface area contributed by atoms with Crippen molar-refractivity contribution in [2.24, 2.45) is 22.7 Å². The molecule has 0 aromatic rings. The summed E-state index contributed by atoms with van der Waals surface area (Å²) in [5.41, 5.74) is 0. The highest BCUT2D eigenvalue weighted by Crippen LogP contribution is 2.29. The van der Waals surface area contributed by atoms with Gasteiger partial charge in [0, 0.05) is 32.1 Å². The maximum Gasteiger partial charge on any atom is 0.223 e. The number of carbonyl (C=O) groups is 1. The maximum atomic E-state index is 11.6. The SMILES string of the molecule is CCNC(=NCC1CCCCC1C)NCCNC(=O)C1CC1. The van der Waals surface area contributed by atoms with E-state index < -0.39 is 0 Å². The number of nitrogens with zero attached hydrogens (tertiary/aromatic N) is 1. The van der Waals surface area contributed by atoms with Crippen LogP contribution in [0.25, 0.3) is 0 Å². The van der Waals surface area contributed by atoms with Gasteiger partial charge in [-0.1, -0.05) is 26.2 Å². The van der Waals surface area contributed by atoms with Gasteiger partial charge in [0.2, 0.25) is 5.91 Å². The first-order chi connectivity index (χ1) is 10.7. The third-order valence-electron chi connectivity index (χ3n) is 4.78. The molecule has 0 aliphatic heterocycles. The van der Waals surface area contributed by atoms with Crippen molar-refractivity contribution in [2.75, 3.05) is 26.2 Å². The summed E-state index contributed by atoms with van der Waals surface area (Å²) in [5, 5.41) is 9.57. The lowest BCUT2D eigenvalue weighted by molar-refractivity contribution is -0.122. The maximum absolute atomic E-state index is 11.6. The molecule has 1 amide bonds. The quantitative estimate of drug-likeness (QED) is 0.382. The summed E-state index contributed by atoms with van der Waals surface area (Å²) >= 11 is 0. The fraction of sp³-hybridized carbons (Fsp3) is 0.882. The van der Waals surface area contributed by atoms with E-state index in [9.17, 15) is 4.79 Å². The van der Waals surface area contributed by atoms with Gasteiger partial charge in [0.25, 0.3) is 0 Å². The highest BCUT2D eigenvalue weighted by atomic mass is 16.2. The predicted octanol–water partition coefficient (Wildman–Crippen LogP) is 1.89. The van der Waals surface area contributed by atoms with Crippen molar-refractivity contribution in [3.63, 3.8) is 0 Å². The molecule has 2 atom stereocenters. The van der Waals surface area contributed by atoms with Gasteiger partial charge in [-0.05, 0) is 38.0 Å². The van der Waals surface area contributed by atoms with E-state index in [1.165, 1.54) is 25.7 Å². The van der Waals surface area contributed by atoms with E-state index >= 15 is 0 Å². The van der Waals surface area contributed by atoms with Crippen LogP contribution >= 0.6 is 0 Å². The predicted molar refractivity (Wildman–Crippen MR) is 90.8 cm³/mol. The number of carbonyl (C=O) groups excluding carboxylic acids is 1. The van der Waals surface area contributed by atoms with Crippen LogP contribution in [0.15, 0.2) is 4.99 Å². The fourth-order valence-corrected chi connectivity index (χ4v) is 3.07. The summed E-state index contributed by atoms with van der Waals surface area (Å²) in [6, 6.07) is 0. The molecular formula is C17H32N4O. The molecule has 5 nitrogen and oxygen atoms in total. The Morgan fingerprint density at radius 1 is 1.05 bits per heavy atom. The van der Waals surface area contributed by atoms with Crippen molar-refractivity contribution in [1.82, 2.24) is 16.0 Å². The lowest BCUT2D eigenvalue weighted by atomic mass is 9.80. The average Bonchev–Trinajstić information content (AvgIpc) is 3.35. The van der Waals surface area contributed by atoms with Crippen LogP contribution in [0.5, 0.6) is 0 Å². The Hall–Kier alpha value is -1.26. The van der Waals surface area contributed by atoms with E-state index in [-0.39, 0.29) is 11.8 Å². The molecule has 2 aliphatic rings. The van der Waals surface area contributed by atoms with E-state index in [1.807, 2.05) is 0 Å². The topological polar surface area (TPSA) is 65.5 Å². The smallest absolute Gasteiger partial charge is 0.223 e. The Morgan fingerprint density at radius 3 is 2.45 bits per heavy atom. The van der Waals surface area contributed by atoms with Crippen LogP contribution in [0.2, 0.25) is 0 Å². The number of nitrogens with one attached hydrogen (secondary N) is 3. The van der Waals surface area contributed by atoms with Gasteiger partial charge in [0.05, 0.1) is 0 Å². The largest absolute Gasteiger partial charge is 0.357 e. The Morgan fingerprint density at radius 2 is 1.77 bits per heavy atom. The molecule has 0 spiro atoms. The summed E-state index contributed by atoms with van der Waals surface area (Å²) in [5.74, 6) is 2.88. The van der Waals surface area contributed by atoms with Gasteiger partial charge in [-0.15, -0.1) is 0 Å². The minimum Gasteiger partial charge on any atom is -0.357 e. The number of guanidine groups is 1. The zero-order chi connectivity index (χ0) is 15.8. The number of hydrogen-bond acceptors (Lipinski definition) is 2.